The highest BCUT2D eigenvalue weighted by molar-refractivity contribution is 7.94. The fourth-order valence-electron chi connectivity index (χ4n) is 2.61. The zero-order chi connectivity index (χ0) is 21.3. The largest absolute Gasteiger partial charge is 0.495 e. The standard InChI is InChI=1S/C19H13ClFN3O4S2/c1-27-16-6-5-13(20)9-15(16)24-30(25,26)17-8-12(10-29-17)19-22-18(23-28-19)11-3-2-4-14(21)7-11/h2-10,24H,1H3. The number of aromatic nitrogens is 2. The molecule has 0 saturated heterocycles. The van der Waals surface area contributed by atoms with Crippen LogP contribution in [0, 0.1) is 5.82 Å². The number of ether oxygens (including phenoxy) is 1. The number of sulfonamides is 1. The minimum Gasteiger partial charge on any atom is -0.495 e. The maximum absolute atomic E-state index is 13.4. The Balaban J connectivity index is 1.61. The quantitative estimate of drug-likeness (QED) is 0.427. The molecule has 0 fully saturated rings. The molecule has 0 saturated carbocycles. The average molecular weight is 466 g/mol. The molecule has 0 bridgehead atoms. The molecule has 2 aromatic carbocycles. The van der Waals surface area contributed by atoms with E-state index in [9.17, 15) is 12.8 Å². The zero-order valence-electron chi connectivity index (χ0n) is 15.3. The first-order valence-electron chi connectivity index (χ1n) is 8.40. The summed E-state index contributed by atoms with van der Waals surface area (Å²) in [6, 6.07) is 11.8. The molecule has 2 aromatic heterocycles. The summed E-state index contributed by atoms with van der Waals surface area (Å²) in [7, 11) is -2.48. The van der Waals surface area contributed by atoms with E-state index in [0.29, 0.717) is 21.9 Å². The van der Waals surface area contributed by atoms with Crippen LogP contribution in [-0.2, 0) is 10.0 Å². The Morgan fingerprint density at radius 3 is 2.77 bits per heavy atom. The number of nitrogens with one attached hydrogen (secondary N) is 1. The molecular weight excluding hydrogens is 453 g/mol. The van der Waals surface area contributed by atoms with Gasteiger partial charge in [-0.1, -0.05) is 28.9 Å². The van der Waals surface area contributed by atoms with Crippen molar-refractivity contribution < 1.29 is 22.1 Å². The summed E-state index contributed by atoms with van der Waals surface area (Å²) < 4.78 is 51.8. The Morgan fingerprint density at radius 2 is 2.00 bits per heavy atom. The van der Waals surface area contributed by atoms with Gasteiger partial charge in [-0.3, -0.25) is 4.72 Å². The van der Waals surface area contributed by atoms with Crippen LogP contribution in [0.5, 0.6) is 5.75 Å². The van der Waals surface area contributed by atoms with Gasteiger partial charge in [0, 0.05) is 16.0 Å². The van der Waals surface area contributed by atoms with Crippen molar-refractivity contribution in [1.29, 1.82) is 0 Å². The molecule has 0 amide bonds. The maximum atomic E-state index is 13.4. The summed E-state index contributed by atoms with van der Waals surface area (Å²) in [6.45, 7) is 0. The van der Waals surface area contributed by atoms with Gasteiger partial charge in [-0.05, 0) is 36.4 Å². The molecule has 0 radical (unpaired) electrons. The second-order valence-electron chi connectivity index (χ2n) is 6.04. The van der Waals surface area contributed by atoms with Crippen molar-refractivity contribution in [2.45, 2.75) is 4.21 Å². The van der Waals surface area contributed by atoms with Gasteiger partial charge in [-0.15, -0.1) is 11.3 Å². The van der Waals surface area contributed by atoms with E-state index in [1.54, 1.807) is 23.6 Å². The van der Waals surface area contributed by atoms with Crippen LogP contribution in [0.3, 0.4) is 0 Å². The molecule has 30 heavy (non-hydrogen) atoms. The van der Waals surface area contributed by atoms with E-state index in [2.05, 4.69) is 14.9 Å². The fraction of sp³-hybridized carbons (Fsp3) is 0.0526. The van der Waals surface area contributed by atoms with Crippen molar-refractivity contribution in [3.8, 4) is 28.6 Å². The summed E-state index contributed by atoms with van der Waals surface area (Å²) >= 11 is 6.94. The van der Waals surface area contributed by atoms with Crippen molar-refractivity contribution in [3.05, 3.63) is 64.8 Å². The third kappa shape index (κ3) is 4.16. The molecule has 0 atom stereocenters. The van der Waals surface area contributed by atoms with Gasteiger partial charge >= 0.3 is 0 Å². The molecule has 1 N–H and O–H groups in total. The Kier molecular flexibility index (Phi) is 5.46. The van der Waals surface area contributed by atoms with Gasteiger partial charge in [0.1, 0.15) is 15.8 Å². The highest BCUT2D eigenvalue weighted by Crippen LogP contribution is 2.33. The highest BCUT2D eigenvalue weighted by Gasteiger charge is 2.21. The molecule has 4 aromatic rings. The van der Waals surface area contributed by atoms with Crippen LogP contribution < -0.4 is 9.46 Å². The number of benzene rings is 2. The summed E-state index contributed by atoms with van der Waals surface area (Å²) in [4.78, 5) is 4.22. The predicted molar refractivity (Wildman–Crippen MR) is 112 cm³/mol. The number of hydrogen-bond donors (Lipinski definition) is 1. The third-order valence-electron chi connectivity index (χ3n) is 4.00. The number of methoxy groups -OCH3 is 1. The van der Waals surface area contributed by atoms with Gasteiger partial charge in [0.25, 0.3) is 15.9 Å². The minimum absolute atomic E-state index is 0.0324. The van der Waals surface area contributed by atoms with E-state index < -0.39 is 15.8 Å². The van der Waals surface area contributed by atoms with Crippen LogP contribution in [0.1, 0.15) is 0 Å². The molecule has 2 heterocycles. The first kappa shape index (κ1) is 20.3. The van der Waals surface area contributed by atoms with Crippen LogP contribution in [0.4, 0.5) is 10.1 Å². The van der Waals surface area contributed by atoms with Crippen LogP contribution in [0.15, 0.2) is 62.6 Å². The van der Waals surface area contributed by atoms with E-state index in [1.807, 2.05) is 0 Å². The lowest BCUT2D eigenvalue weighted by molar-refractivity contribution is 0.417. The van der Waals surface area contributed by atoms with E-state index in [0.717, 1.165) is 11.3 Å². The van der Waals surface area contributed by atoms with Gasteiger partial charge in [0.05, 0.1) is 18.4 Å². The Morgan fingerprint density at radius 1 is 1.17 bits per heavy atom. The van der Waals surface area contributed by atoms with E-state index in [4.69, 9.17) is 20.9 Å². The first-order valence-corrected chi connectivity index (χ1v) is 11.1. The van der Waals surface area contributed by atoms with Crippen molar-refractivity contribution in [1.82, 2.24) is 10.1 Å². The van der Waals surface area contributed by atoms with E-state index >= 15 is 0 Å². The number of anilines is 1. The Hall–Kier alpha value is -2.95. The summed E-state index contributed by atoms with van der Waals surface area (Å²) in [6.07, 6.45) is 0. The lowest BCUT2D eigenvalue weighted by Crippen LogP contribution is -2.12. The van der Waals surface area contributed by atoms with E-state index in [-0.39, 0.29) is 21.6 Å². The van der Waals surface area contributed by atoms with Crippen molar-refractivity contribution >= 4 is 38.6 Å². The van der Waals surface area contributed by atoms with Crippen molar-refractivity contribution in [3.63, 3.8) is 0 Å². The monoisotopic (exact) mass is 465 g/mol. The average Bonchev–Trinajstić information content (AvgIpc) is 3.38. The second kappa shape index (κ2) is 8.05. The second-order valence-corrected chi connectivity index (χ2v) is 9.29. The number of halogens is 2. The lowest BCUT2D eigenvalue weighted by Gasteiger charge is -2.11. The fourth-order valence-corrected chi connectivity index (χ4v) is 5.00. The number of hydrogen-bond acceptors (Lipinski definition) is 7. The molecule has 0 unspecified atom stereocenters. The SMILES string of the molecule is COc1ccc(Cl)cc1NS(=O)(=O)c1cc(-c2nc(-c3cccc(F)c3)no2)cs1. The van der Waals surface area contributed by atoms with Gasteiger partial charge in [0.15, 0.2) is 0 Å². The normalized spacial score (nSPS) is 11.4. The topological polar surface area (TPSA) is 94.3 Å². The van der Waals surface area contributed by atoms with Crippen LogP contribution in [-0.4, -0.2) is 25.7 Å². The van der Waals surface area contributed by atoms with E-state index in [1.165, 1.54) is 37.4 Å². The number of nitrogens with zero attached hydrogens (tertiary/aromatic N) is 2. The van der Waals surface area contributed by atoms with Crippen LogP contribution in [0.25, 0.3) is 22.8 Å². The number of rotatable bonds is 6. The minimum atomic E-state index is -3.91. The molecule has 0 aliphatic heterocycles. The molecular formula is C19H13ClFN3O4S2. The third-order valence-corrected chi connectivity index (χ3v) is 7.04. The smallest absolute Gasteiger partial charge is 0.271 e. The molecule has 154 valence electrons. The molecule has 11 heteroatoms. The Labute approximate surface area is 180 Å². The number of thiophene rings is 1. The molecule has 4 rings (SSSR count). The summed E-state index contributed by atoms with van der Waals surface area (Å²) in [5.41, 5.74) is 1.09. The van der Waals surface area contributed by atoms with Crippen LogP contribution >= 0.6 is 22.9 Å². The van der Waals surface area contributed by atoms with Crippen molar-refractivity contribution in [2.75, 3.05) is 11.8 Å². The highest BCUT2D eigenvalue weighted by atomic mass is 35.5. The van der Waals surface area contributed by atoms with Gasteiger partial charge in [0.2, 0.25) is 5.82 Å². The lowest BCUT2D eigenvalue weighted by atomic mass is 10.2. The van der Waals surface area contributed by atoms with Gasteiger partial charge < -0.3 is 9.26 Å². The maximum Gasteiger partial charge on any atom is 0.271 e. The molecule has 7 nitrogen and oxygen atoms in total. The summed E-state index contributed by atoms with van der Waals surface area (Å²) in [5.74, 6) is 0.218. The molecule has 0 spiro atoms. The predicted octanol–water partition coefficient (Wildman–Crippen LogP) is 5.07. The first-order chi connectivity index (χ1) is 14.4. The Bertz CT molecular complexity index is 1320. The van der Waals surface area contributed by atoms with Crippen LogP contribution in [0.2, 0.25) is 5.02 Å². The van der Waals surface area contributed by atoms with Gasteiger partial charge in [-0.25, -0.2) is 12.8 Å². The van der Waals surface area contributed by atoms with Gasteiger partial charge in [-0.2, -0.15) is 4.98 Å². The summed E-state index contributed by atoms with van der Waals surface area (Å²) in [5, 5.41) is 5.76. The molecule has 0 aliphatic carbocycles. The zero-order valence-corrected chi connectivity index (χ0v) is 17.7. The van der Waals surface area contributed by atoms with Crippen molar-refractivity contribution in [2.24, 2.45) is 0 Å². The molecule has 0 aliphatic rings.